The van der Waals surface area contributed by atoms with Crippen LogP contribution < -0.4 is 10.9 Å². The fourth-order valence-corrected chi connectivity index (χ4v) is 3.91. The average molecular weight is 406 g/mol. The van der Waals surface area contributed by atoms with Crippen molar-refractivity contribution in [3.63, 3.8) is 0 Å². The van der Waals surface area contributed by atoms with E-state index in [0.29, 0.717) is 17.1 Å². The van der Waals surface area contributed by atoms with Crippen LogP contribution in [0.4, 0.5) is 0 Å². The molecule has 0 aliphatic heterocycles. The lowest BCUT2D eigenvalue weighted by Gasteiger charge is -2.15. The molecule has 1 aromatic carbocycles. The van der Waals surface area contributed by atoms with Gasteiger partial charge < -0.3 is 10.4 Å². The Hall–Kier alpha value is -3.36. The van der Waals surface area contributed by atoms with Crippen molar-refractivity contribution < 1.29 is 9.90 Å². The third-order valence-corrected chi connectivity index (χ3v) is 5.34. The largest absolute Gasteiger partial charge is 0.394 e. The van der Waals surface area contributed by atoms with Crippen LogP contribution in [0, 0.1) is 0 Å². The molecule has 3 heterocycles. The van der Waals surface area contributed by atoms with E-state index in [1.54, 1.807) is 12.3 Å². The number of hydrogen-bond acceptors (Lipinski definition) is 6. The van der Waals surface area contributed by atoms with E-state index >= 15 is 0 Å². The first-order valence-corrected chi connectivity index (χ1v) is 9.91. The number of benzene rings is 1. The molecule has 0 fully saturated rings. The predicted molar refractivity (Wildman–Crippen MR) is 111 cm³/mol. The van der Waals surface area contributed by atoms with Crippen LogP contribution in [0.1, 0.15) is 16.1 Å². The van der Waals surface area contributed by atoms with Crippen LogP contribution in [0.2, 0.25) is 0 Å². The number of fused-ring (bicyclic) bond motifs is 1. The van der Waals surface area contributed by atoms with Gasteiger partial charge in [-0.15, -0.1) is 11.3 Å². The molecule has 4 aromatic rings. The molecular weight excluding hydrogens is 388 g/mol. The van der Waals surface area contributed by atoms with Gasteiger partial charge in [0.25, 0.3) is 11.5 Å². The zero-order valence-corrected chi connectivity index (χ0v) is 16.2. The highest BCUT2D eigenvalue weighted by Crippen LogP contribution is 2.23. The van der Waals surface area contributed by atoms with Gasteiger partial charge in [-0.05, 0) is 17.7 Å². The molecular formula is C21H18N4O3S. The molecule has 2 N–H and O–H groups in total. The van der Waals surface area contributed by atoms with Gasteiger partial charge >= 0.3 is 0 Å². The molecule has 0 radical (unpaired) electrons. The quantitative estimate of drug-likeness (QED) is 0.511. The Balaban J connectivity index is 1.64. The predicted octanol–water partition coefficient (Wildman–Crippen LogP) is 2.15. The summed E-state index contributed by atoms with van der Waals surface area (Å²) in [6, 6.07) is 14.4. The minimum Gasteiger partial charge on any atom is -0.394 e. The Bertz CT molecular complexity index is 1190. The van der Waals surface area contributed by atoms with E-state index in [1.807, 2.05) is 47.8 Å². The lowest BCUT2D eigenvalue weighted by Crippen LogP contribution is -2.41. The van der Waals surface area contributed by atoms with E-state index in [9.17, 15) is 14.7 Å². The van der Waals surface area contributed by atoms with Gasteiger partial charge in [-0.1, -0.05) is 36.4 Å². The second-order valence-corrected chi connectivity index (χ2v) is 7.30. The van der Waals surface area contributed by atoms with Gasteiger partial charge in [-0.25, -0.2) is 4.98 Å². The summed E-state index contributed by atoms with van der Waals surface area (Å²) in [5, 5.41) is 14.2. The van der Waals surface area contributed by atoms with E-state index in [2.05, 4.69) is 15.3 Å². The zero-order valence-electron chi connectivity index (χ0n) is 15.4. The first-order chi connectivity index (χ1) is 14.2. The number of aromatic nitrogens is 3. The van der Waals surface area contributed by atoms with Crippen molar-refractivity contribution in [1.29, 1.82) is 0 Å². The average Bonchev–Trinajstić information content (AvgIpc) is 3.20. The number of hydrogen-bond donors (Lipinski definition) is 2. The Kier molecular flexibility index (Phi) is 5.46. The number of pyridine rings is 1. The number of amides is 1. The van der Waals surface area contributed by atoms with Crippen LogP contribution in [-0.2, 0) is 6.42 Å². The Morgan fingerprint density at radius 1 is 1.14 bits per heavy atom. The minimum absolute atomic E-state index is 0.0717. The zero-order chi connectivity index (χ0) is 20.2. The van der Waals surface area contributed by atoms with E-state index in [1.165, 1.54) is 21.9 Å². The first kappa shape index (κ1) is 19.0. The molecule has 29 heavy (non-hydrogen) atoms. The summed E-state index contributed by atoms with van der Waals surface area (Å²) in [6.07, 6.45) is 3.29. The fraction of sp³-hybridized carbons (Fsp3) is 0.143. The molecule has 1 amide bonds. The van der Waals surface area contributed by atoms with Gasteiger partial charge in [-0.2, -0.15) is 0 Å². The number of nitrogens with zero attached hydrogens (tertiary/aromatic N) is 3. The van der Waals surface area contributed by atoms with E-state index < -0.39 is 17.5 Å². The smallest absolute Gasteiger partial charge is 0.271 e. The van der Waals surface area contributed by atoms with Crippen LogP contribution in [-0.4, -0.2) is 38.0 Å². The van der Waals surface area contributed by atoms with Gasteiger partial charge in [-0.3, -0.25) is 19.0 Å². The Morgan fingerprint density at radius 3 is 2.66 bits per heavy atom. The number of carbonyl (C=O) groups is 1. The summed E-state index contributed by atoms with van der Waals surface area (Å²) >= 11 is 1.34. The highest BCUT2D eigenvalue weighted by atomic mass is 32.1. The van der Waals surface area contributed by atoms with Crippen molar-refractivity contribution in [2.45, 2.75) is 12.5 Å². The molecule has 1 unspecified atom stereocenters. The second kappa shape index (κ2) is 8.34. The number of thiazole rings is 1. The molecule has 7 nitrogen and oxygen atoms in total. The van der Waals surface area contributed by atoms with Crippen molar-refractivity contribution >= 4 is 22.2 Å². The SMILES string of the molecule is O=C(NC(CO)Cc1ccccn1)c1cnc2scc(-c3ccccc3)n2c1=O. The first-order valence-electron chi connectivity index (χ1n) is 9.03. The summed E-state index contributed by atoms with van der Waals surface area (Å²) in [4.78, 5) is 34.8. The highest BCUT2D eigenvalue weighted by molar-refractivity contribution is 7.15. The molecule has 0 spiro atoms. The number of aliphatic hydroxyl groups is 1. The van der Waals surface area contributed by atoms with E-state index in [4.69, 9.17) is 0 Å². The molecule has 146 valence electrons. The molecule has 0 saturated carbocycles. The normalized spacial score (nSPS) is 12.0. The summed E-state index contributed by atoms with van der Waals surface area (Å²) in [6.45, 7) is -0.271. The van der Waals surface area contributed by atoms with Crippen molar-refractivity contribution in [1.82, 2.24) is 19.7 Å². The maximum Gasteiger partial charge on any atom is 0.271 e. The molecule has 0 aliphatic rings. The lowest BCUT2D eigenvalue weighted by molar-refractivity contribution is 0.0914. The summed E-state index contributed by atoms with van der Waals surface area (Å²) in [5.41, 5.74) is 1.77. The van der Waals surface area contributed by atoms with Gasteiger partial charge in [0.05, 0.1) is 18.3 Å². The second-order valence-electron chi connectivity index (χ2n) is 6.46. The standard InChI is InChI=1S/C21H18N4O3S/c26-12-16(10-15-8-4-5-9-22-15)24-19(27)17-11-23-21-25(20(17)28)18(13-29-21)14-6-2-1-3-7-14/h1-9,11,13,16,26H,10,12H2,(H,24,27). The molecule has 0 saturated heterocycles. The van der Waals surface area contributed by atoms with Crippen LogP contribution in [0.15, 0.2) is 71.1 Å². The Labute approximate surface area is 170 Å². The summed E-state index contributed by atoms with van der Waals surface area (Å²) in [7, 11) is 0. The maximum absolute atomic E-state index is 13.0. The minimum atomic E-state index is -0.572. The van der Waals surface area contributed by atoms with Crippen molar-refractivity contribution in [2.75, 3.05) is 6.61 Å². The molecule has 4 rings (SSSR count). The third-order valence-electron chi connectivity index (χ3n) is 4.50. The molecule has 3 aromatic heterocycles. The lowest BCUT2D eigenvalue weighted by atomic mass is 10.1. The monoisotopic (exact) mass is 406 g/mol. The number of rotatable bonds is 6. The number of nitrogens with one attached hydrogen (secondary N) is 1. The molecule has 1 atom stereocenters. The summed E-state index contributed by atoms with van der Waals surface area (Å²) < 4.78 is 1.45. The summed E-state index contributed by atoms with van der Waals surface area (Å²) in [5.74, 6) is -0.572. The van der Waals surface area contributed by atoms with Gasteiger partial charge in [0.2, 0.25) is 0 Å². The van der Waals surface area contributed by atoms with E-state index in [-0.39, 0.29) is 12.2 Å². The van der Waals surface area contributed by atoms with Gasteiger partial charge in [0, 0.05) is 29.9 Å². The van der Waals surface area contributed by atoms with Crippen LogP contribution in [0.3, 0.4) is 0 Å². The Morgan fingerprint density at radius 2 is 1.93 bits per heavy atom. The topological polar surface area (TPSA) is 96.6 Å². The van der Waals surface area contributed by atoms with Crippen LogP contribution in [0.25, 0.3) is 16.2 Å². The van der Waals surface area contributed by atoms with E-state index in [0.717, 1.165) is 11.3 Å². The molecule has 8 heteroatoms. The van der Waals surface area contributed by atoms with Gasteiger partial charge in [0.15, 0.2) is 4.96 Å². The highest BCUT2D eigenvalue weighted by Gasteiger charge is 2.20. The number of carbonyl (C=O) groups excluding carboxylic acids is 1. The molecule has 0 bridgehead atoms. The third kappa shape index (κ3) is 3.94. The van der Waals surface area contributed by atoms with Crippen molar-refractivity contribution in [2.24, 2.45) is 0 Å². The van der Waals surface area contributed by atoms with Crippen molar-refractivity contribution in [3.05, 3.63) is 87.9 Å². The molecule has 0 aliphatic carbocycles. The number of aliphatic hydroxyl groups excluding tert-OH is 1. The van der Waals surface area contributed by atoms with Gasteiger partial charge in [0.1, 0.15) is 5.56 Å². The van der Waals surface area contributed by atoms with Crippen LogP contribution >= 0.6 is 11.3 Å². The van der Waals surface area contributed by atoms with Crippen molar-refractivity contribution in [3.8, 4) is 11.3 Å². The maximum atomic E-state index is 13.0. The fourth-order valence-electron chi connectivity index (χ4n) is 3.05. The van der Waals surface area contributed by atoms with Crippen LogP contribution in [0.5, 0.6) is 0 Å².